The van der Waals surface area contributed by atoms with Gasteiger partial charge in [-0.25, -0.2) is 0 Å². The van der Waals surface area contributed by atoms with Gasteiger partial charge in [0, 0.05) is 0 Å². The van der Waals surface area contributed by atoms with Crippen molar-refractivity contribution in [1.29, 1.82) is 0 Å². The molecule has 0 unspecified atom stereocenters. The molecule has 0 saturated heterocycles. The Labute approximate surface area is 84.7 Å². The summed E-state index contributed by atoms with van der Waals surface area (Å²) in [6.07, 6.45) is 0. The fraction of sp³-hybridized carbons (Fsp3) is 0. The first-order chi connectivity index (χ1) is 0. The van der Waals surface area contributed by atoms with E-state index in [1.54, 1.807) is 0 Å². The van der Waals surface area contributed by atoms with Crippen LogP contribution in [0.25, 0.3) is 0 Å². The van der Waals surface area contributed by atoms with Gasteiger partial charge in [0.15, 0.2) is 0 Å². The van der Waals surface area contributed by atoms with Crippen molar-refractivity contribution >= 4 is 11.0 Å². The number of hydrogen-bond donors (Lipinski definition) is 0. The molecule has 0 nitrogen and oxygen atoms in total. The van der Waals surface area contributed by atoms with E-state index >= 15 is 0 Å². The van der Waals surface area contributed by atoms with Crippen LogP contribution in [0.4, 0.5) is 0 Å². The SMILES string of the molecule is [F-].[F-].[F-].[F-].[F-].[K+].[Si+4]. The molecular formula is F5KSi. The van der Waals surface area contributed by atoms with Crippen LogP contribution in [-0.4, -0.2) is 11.0 Å². The molecular weight excluding hydrogens is 162 g/mol. The molecule has 40 valence electrons. The van der Waals surface area contributed by atoms with Gasteiger partial charge in [0.25, 0.3) is 0 Å². The third-order valence-corrected chi connectivity index (χ3v) is 0. The normalized spacial score (nSPS) is 0. The Kier molecular flexibility index (Phi) is 4250. The molecule has 0 radical (unpaired) electrons. The van der Waals surface area contributed by atoms with Gasteiger partial charge in [0.2, 0.25) is 0 Å². The van der Waals surface area contributed by atoms with Crippen LogP contribution in [0.5, 0.6) is 0 Å². The zero-order valence-corrected chi connectivity index (χ0v) is 7.51. The first kappa shape index (κ1) is 212. The van der Waals surface area contributed by atoms with Crippen LogP contribution in [0.15, 0.2) is 0 Å². The van der Waals surface area contributed by atoms with E-state index in [0.29, 0.717) is 0 Å². The van der Waals surface area contributed by atoms with Crippen molar-refractivity contribution < 1.29 is 74.9 Å². The smallest absolute Gasteiger partial charge is 1.00 e. The summed E-state index contributed by atoms with van der Waals surface area (Å²) in [5.74, 6) is 0. The second kappa shape index (κ2) is 140. The Morgan fingerprint density at radius 2 is 0.429 bits per heavy atom. The van der Waals surface area contributed by atoms with Crippen molar-refractivity contribution in [2.45, 2.75) is 0 Å². The van der Waals surface area contributed by atoms with Crippen molar-refractivity contribution in [3.63, 3.8) is 0 Å². The number of rotatable bonds is 0. The van der Waals surface area contributed by atoms with Gasteiger partial charge in [0.1, 0.15) is 0 Å². The molecule has 0 aromatic carbocycles. The molecule has 7 heavy (non-hydrogen) atoms. The molecule has 0 aromatic rings. The second-order valence-corrected chi connectivity index (χ2v) is 0. The Balaban J connectivity index is 0. The van der Waals surface area contributed by atoms with E-state index < -0.39 is 0 Å². The van der Waals surface area contributed by atoms with Gasteiger partial charge < -0.3 is 23.5 Å². The van der Waals surface area contributed by atoms with Crippen molar-refractivity contribution in [3.8, 4) is 0 Å². The third kappa shape index (κ3) is 101. The fourth-order valence-corrected chi connectivity index (χ4v) is 0. The summed E-state index contributed by atoms with van der Waals surface area (Å²) in [6, 6.07) is 0. The summed E-state index contributed by atoms with van der Waals surface area (Å²) < 4.78 is 0. The van der Waals surface area contributed by atoms with Gasteiger partial charge in [0.05, 0.1) is 0 Å². The summed E-state index contributed by atoms with van der Waals surface area (Å²) in [7, 11) is 0. The monoisotopic (exact) mass is 162 g/mol. The fourth-order valence-electron chi connectivity index (χ4n) is 0. The minimum absolute atomic E-state index is 0. The molecule has 0 aliphatic rings. The molecule has 0 bridgehead atoms. The first-order valence-electron chi connectivity index (χ1n) is 0. The van der Waals surface area contributed by atoms with E-state index in [1.165, 1.54) is 0 Å². The van der Waals surface area contributed by atoms with E-state index in [0.717, 1.165) is 0 Å². The predicted molar refractivity (Wildman–Crippen MR) is 5.75 cm³/mol. The van der Waals surface area contributed by atoms with Crippen molar-refractivity contribution in [1.82, 2.24) is 0 Å². The Bertz CT molecular complexity index is 8.04. The van der Waals surface area contributed by atoms with Gasteiger partial charge in [-0.3, -0.25) is 0 Å². The molecule has 0 amide bonds. The maximum absolute atomic E-state index is 0. The molecule has 0 atom stereocenters. The van der Waals surface area contributed by atoms with Crippen molar-refractivity contribution in [3.05, 3.63) is 0 Å². The summed E-state index contributed by atoms with van der Waals surface area (Å²) in [4.78, 5) is 0. The van der Waals surface area contributed by atoms with Gasteiger partial charge in [-0.05, 0) is 0 Å². The van der Waals surface area contributed by atoms with Crippen LogP contribution in [0.1, 0.15) is 0 Å². The average molecular weight is 162 g/mol. The number of hydrogen-bond acceptors (Lipinski definition) is 0. The van der Waals surface area contributed by atoms with Crippen LogP contribution in [0, 0.1) is 0 Å². The van der Waals surface area contributed by atoms with E-state index in [4.69, 9.17) is 0 Å². The van der Waals surface area contributed by atoms with Gasteiger partial charge in [-0.15, -0.1) is 0 Å². The largest absolute Gasteiger partial charge is 4.00 e. The molecule has 0 aliphatic carbocycles. The summed E-state index contributed by atoms with van der Waals surface area (Å²) in [6.45, 7) is 0. The molecule has 0 fully saturated rings. The van der Waals surface area contributed by atoms with E-state index in [9.17, 15) is 0 Å². The van der Waals surface area contributed by atoms with Crippen LogP contribution < -0.4 is 74.9 Å². The van der Waals surface area contributed by atoms with Crippen molar-refractivity contribution in [2.24, 2.45) is 0 Å². The molecule has 0 N–H and O–H groups in total. The van der Waals surface area contributed by atoms with Crippen LogP contribution >= 0.6 is 0 Å². The summed E-state index contributed by atoms with van der Waals surface area (Å²) >= 11 is 0. The molecule has 0 spiro atoms. The zero-order valence-electron chi connectivity index (χ0n) is 3.39. The Morgan fingerprint density at radius 1 is 0.429 bits per heavy atom. The first-order valence-corrected chi connectivity index (χ1v) is 0. The maximum Gasteiger partial charge on any atom is 4.00 e. The van der Waals surface area contributed by atoms with Crippen LogP contribution in [0.3, 0.4) is 0 Å². The molecule has 0 heterocycles. The van der Waals surface area contributed by atoms with E-state index in [-0.39, 0.29) is 85.9 Å². The third-order valence-electron chi connectivity index (χ3n) is 0. The molecule has 0 saturated carbocycles. The summed E-state index contributed by atoms with van der Waals surface area (Å²) in [5, 5.41) is 0. The quantitative estimate of drug-likeness (QED) is 0.245. The maximum atomic E-state index is 0. The van der Waals surface area contributed by atoms with Crippen LogP contribution in [0.2, 0.25) is 0 Å². The van der Waals surface area contributed by atoms with Gasteiger partial charge in [-0.1, -0.05) is 0 Å². The standard InChI is InChI=1S/5FH.K.Si/h5*1H;;/q;;;;;+1;+4/p-5. The Morgan fingerprint density at radius 3 is 0.429 bits per heavy atom. The molecule has 7 heteroatoms. The van der Waals surface area contributed by atoms with E-state index in [1.807, 2.05) is 0 Å². The minimum atomic E-state index is 0. The molecule has 0 rings (SSSR count). The van der Waals surface area contributed by atoms with Gasteiger partial charge >= 0.3 is 62.3 Å². The van der Waals surface area contributed by atoms with Gasteiger partial charge in [-0.2, -0.15) is 0 Å². The average Bonchev–Trinajstić information content (AvgIpc) is 0. The topological polar surface area (TPSA) is 0 Å². The summed E-state index contributed by atoms with van der Waals surface area (Å²) in [5.41, 5.74) is 0. The molecule has 0 aromatic heterocycles. The molecule has 0 aliphatic heterocycles. The Hall–Kier alpha value is 1.50. The van der Waals surface area contributed by atoms with Crippen LogP contribution in [-0.2, 0) is 0 Å². The minimum Gasteiger partial charge on any atom is -1.00 e. The van der Waals surface area contributed by atoms with E-state index in [2.05, 4.69) is 0 Å². The zero-order chi connectivity index (χ0) is 0. The predicted octanol–water partition coefficient (Wildman–Crippen LogP) is -18.4. The second-order valence-electron chi connectivity index (χ2n) is 0. The van der Waals surface area contributed by atoms with Crippen molar-refractivity contribution in [2.75, 3.05) is 0 Å². The number of halogens is 5.